The number of nitrogens with zero attached hydrogens (tertiary/aromatic N) is 2. The highest BCUT2D eigenvalue weighted by Crippen LogP contribution is 2.39. The fraction of sp³-hybridized carbons (Fsp3) is 0.333. The zero-order valence-electron chi connectivity index (χ0n) is 10.4. The van der Waals surface area contributed by atoms with Crippen molar-refractivity contribution in [3.63, 3.8) is 0 Å². The van der Waals surface area contributed by atoms with Crippen molar-refractivity contribution in [3.05, 3.63) is 28.8 Å². The molecule has 0 fully saturated rings. The van der Waals surface area contributed by atoms with Crippen molar-refractivity contribution in [2.45, 2.75) is 29.2 Å². The van der Waals surface area contributed by atoms with Gasteiger partial charge in [0.15, 0.2) is 4.34 Å². The number of aryl methyl sites for hydroxylation is 1. The second kappa shape index (κ2) is 5.69. The minimum Gasteiger partial charge on any atom is -0.496 e. The van der Waals surface area contributed by atoms with E-state index in [9.17, 15) is 5.11 Å². The lowest BCUT2D eigenvalue weighted by atomic mass is 10.1. The van der Waals surface area contributed by atoms with Gasteiger partial charge in [-0.1, -0.05) is 29.2 Å². The molecule has 0 bridgehead atoms. The fourth-order valence-electron chi connectivity index (χ4n) is 1.62. The number of benzene rings is 1. The zero-order valence-corrected chi connectivity index (χ0v) is 12.0. The third-order valence-electron chi connectivity index (χ3n) is 2.37. The Hall–Kier alpha value is -1.11. The molecule has 0 unspecified atom stereocenters. The SMILES string of the molecule is COc1cccc(Sc2nnc(C)s2)c1[C@@H](C)O. The first-order valence-electron chi connectivity index (χ1n) is 5.44. The largest absolute Gasteiger partial charge is 0.496 e. The van der Waals surface area contributed by atoms with Crippen LogP contribution >= 0.6 is 23.1 Å². The van der Waals surface area contributed by atoms with E-state index in [1.54, 1.807) is 14.0 Å². The molecule has 0 radical (unpaired) electrons. The summed E-state index contributed by atoms with van der Waals surface area (Å²) in [4.78, 5) is 0.945. The number of aliphatic hydroxyl groups is 1. The van der Waals surface area contributed by atoms with Crippen molar-refractivity contribution in [2.75, 3.05) is 7.11 Å². The van der Waals surface area contributed by atoms with Gasteiger partial charge in [-0.2, -0.15) is 0 Å². The van der Waals surface area contributed by atoms with Crippen LogP contribution in [0.15, 0.2) is 27.4 Å². The quantitative estimate of drug-likeness (QED) is 0.934. The van der Waals surface area contributed by atoms with E-state index in [4.69, 9.17) is 4.74 Å². The Labute approximate surface area is 114 Å². The third kappa shape index (κ3) is 2.82. The average Bonchev–Trinajstić information content (AvgIpc) is 2.74. The van der Waals surface area contributed by atoms with Crippen LogP contribution in [-0.2, 0) is 0 Å². The third-order valence-corrected chi connectivity index (χ3v) is 4.33. The molecule has 6 heteroatoms. The Morgan fingerprint density at radius 2 is 2.17 bits per heavy atom. The van der Waals surface area contributed by atoms with E-state index in [1.165, 1.54) is 23.1 Å². The van der Waals surface area contributed by atoms with Crippen LogP contribution in [0.3, 0.4) is 0 Å². The van der Waals surface area contributed by atoms with Crippen LogP contribution in [0.2, 0.25) is 0 Å². The van der Waals surface area contributed by atoms with Crippen LogP contribution < -0.4 is 4.74 Å². The molecule has 1 N–H and O–H groups in total. The number of aromatic nitrogens is 2. The molecule has 2 aromatic rings. The lowest BCUT2D eigenvalue weighted by molar-refractivity contribution is 0.191. The summed E-state index contributed by atoms with van der Waals surface area (Å²) in [6.45, 7) is 3.65. The van der Waals surface area contributed by atoms with Gasteiger partial charge in [0.1, 0.15) is 10.8 Å². The maximum absolute atomic E-state index is 9.87. The van der Waals surface area contributed by atoms with Crippen LogP contribution in [0.1, 0.15) is 23.6 Å². The summed E-state index contributed by atoms with van der Waals surface area (Å²) in [5, 5.41) is 18.9. The van der Waals surface area contributed by atoms with E-state index in [0.717, 1.165) is 19.8 Å². The molecule has 4 nitrogen and oxygen atoms in total. The second-order valence-electron chi connectivity index (χ2n) is 3.74. The number of methoxy groups -OCH3 is 1. The first kappa shape index (κ1) is 13.3. The van der Waals surface area contributed by atoms with Gasteiger partial charge in [0.25, 0.3) is 0 Å². The predicted octanol–water partition coefficient (Wildman–Crippen LogP) is 3.06. The molecule has 1 aromatic heterocycles. The van der Waals surface area contributed by atoms with E-state index in [1.807, 2.05) is 25.1 Å². The van der Waals surface area contributed by atoms with Crippen molar-refractivity contribution >= 4 is 23.1 Å². The summed E-state index contributed by atoms with van der Waals surface area (Å²) in [5.74, 6) is 0.691. The van der Waals surface area contributed by atoms with Gasteiger partial charge in [0.2, 0.25) is 0 Å². The van der Waals surface area contributed by atoms with Crippen LogP contribution in [0.25, 0.3) is 0 Å². The number of hydrogen-bond acceptors (Lipinski definition) is 6. The highest BCUT2D eigenvalue weighted by atomic mass is 32.2. The minimum atomic E-state index is -0.585. The van der Waals surface area contributed by atoms with E-state index in [2.05, 4.69) is 10.2 Å². The number of aliphatic hydroxyl groups excluding tert-OH is 1. The van der Waals surface area contributed by atoms with Crippen LogP contribution in [0.4, 0.5) is 0 Å². The molecule has 0 spiro atoms. The standard InChI is InChI=1S/C12H14N2O2S2/c1-7(15)11-9(16-3)5-4-6-10(11)18-12-14-13-8(2)17-12/h4-7,15H,1-3H3/t7-/m1/s1. The van der Waals surface area contributed by atoms with Crippen molar-refractivity contribution in [1.82, 2.24) is 10.2 Å². The number of rotatable bonds is 4. The molecule has 1 atom stereocenters. The average molecular weight is 282 g/mol. The summed E-state index contributed by atoms with van der Waals surface area (Å²) in [7, 11) is 1.60. The van der Waals surface area contributed by atoms with Gasteiger partial charge in [0.05, 0.1) is 13.2 Å². The lowest BCUT2D eigenvalue weighted by Gasteiger charge is -2.14. The van der Waals surface area contributed by atoms with Gasteiger partial charge in [-0.05, 0) is 26.0 Å². The van der Waals surface area contributed by atoms with Gasteiger partial charge >= 0.3 is 0 Å². The number of hydrogen-bond donors (Lipinski definition) is 1. The molecule has 0 saturated heterocycles. The van der Waals surface area contributed by atoms with Crippen LogP contribution in [0.5, 0.6) is 5.75 Å². The Morgan fingerprint density at radius 3 is 2.72 bits per heavy atom. The molecule has 0 amide bonds. The van der Waals surface area contributed by atoms with Crippen molar-refractivity contribution < 1.29 is 9.84 Å². The molecule has 1 heterocycles. The van der Waals surface area contributed by atoms with Gasteiger partial charge in [0, 0.05) is 10.5 Å². The molecular formula is C12H14N2O2S2. The molecule has 0 aliphatic heterocycles. The molecule has 96 valence electrons. The highest BCUT2D eigenvalue weighted by Gasteiger charge is 2.16. The molecular weight excluding hydrogens is 268 g/mol. The predicted molar refractivity (Wildman–Crippen MR) is 72.4 cm³/mol. The van der Waals surface area contributed by atoms with Crippen LogP contribution in [-0.4, -0.2) is 22.4 Å². The maximum Gasteiger partial charge on any atom is 0.179 e. The zero-order chi connectivity index (χ0) is 13.1. The van der Waals surface area contributed by atoms with E-state index in [-0.39, 0.29) is 0 Å². The van der Waals surface area contributed by atoms with Crippen molar-refractivity contribution in [2.24, 2.45) is 0 Å². The summed E-state index contributed by atoms with van der Waals surface area (Å²) in [6.07, 6.45) is -0.585. The first-order valence-corrected chi connectivity index (χ1v) is 7.08. The number of ether oxygens (including phenoxy) is 1. The lowest BCUT2D eigenvalue weighted by Crippen LogP contribution is -1.98. The van der Waals surface area contributed by atoms with Gasteiger partial charge < -0.3 is 9.84 Å². The Morgan fingerprint density at radius 1 is 1.39 bits per heavy atom. The van der Waals surface area contributed by atoms with E-state index in [0.29, 0.717) is 5.75 Å². The summed E-state index contributed by atoms with van der Waals surface area (Å²) in [5.41, 5.74) is 0.790. The van der Waals surface area contributed by atoms with Crippen LogP contribution in [0, 0.1) is 6.92 Å². The van der Waals surface area contributed by atoms with Gasteiger partial charge in [-0.3, -0.25) is 0 Å². The highest BCUT2D eigenvalue weighted by molar-refractivity contribution is 8.01. The van der Waals surface area contributed by atoms with Crippen molar-refractivity contribution in [3.8, 4) is 5.75 Å². The summed E-state index contributed by atoms with van der Waals surface area (Å²) >= 11 is 3.03. The first-order chi connectivity index (χ1) is 8.61. The molecule has 0 aliphatic carbocycles. The smallest absolute Gasteiger partial charge is 0.179 e. The molecule has 0 aliphatic rings. The molecule has 0 saturated carbocycles. The Balaban J connectivity index is 2.37. The second-order valence-corrected chi connectivity index (χ2v) is 6.21. The monoisotopic (exact) mass is 282 g/mol. The maximum atomic E-state index is 9.87. The summed E-state index contributed by atoms with van der Waals surface area (Å²) < 4.78 is 6.15. The minimum absolute atomic E-state index is 0.585. The fourth-order valence-corrected chi connectivity index (χ4v) is 3.63. The molecule has 18 heavy (non-hydrogen) atoms. The van der Waals surface area contributed by atoms with E-state index < -0.39 is 6.10 Å². The summed E-state index contributed by atoms with van der Waals surface area (Å²) in [6, 6.07) is 5.70. The topological polar surface area (TPSA) is 55.2 Å². The van der Waals surface area contributed by atoms with E-state index >= 15 is 0 Å². The van der Waals surface area contributed by atoms with Crippen molar-refractivity contribution in [1.29, 1.82) is 0 Å². The normalized spacial score (nSPS) is 12.4. The Bertz CT molecular complexity index is 541. The molecule has 2 rings (SSSR count). The van der Waals surface area contributed by atoms with Gasteiger partial charge in [-0.25, -0.2) is 0 Å². The van der Waals surface area contributed by atoms with Gasteiger partial charge in [-0.15, -0.1) is 10.2 Å². The molecule has 1 aromatic carbocycles. The Kier molecular flexibility index (Phi) is 4.21.